The number of hydrogen-bond donors (Lipinski definition) is 1. The molecule has 0 saturated carbocycles. The summed E-state index contributed by atoms with van der Waals surface area (Å²) in [5.74, 6) is -1.06. The molecule has 0 unspecified atom stereocenters. The fourth-order valence-electron chi connectivity index (χ4n) is 2.98. The third kappa shape index (κ3) is 3.82. The van der Waals surface area contributed by atoms with Gasteiger partial charge in [-0.05, 0) is 79.0 Å². The first-order valence-corrected chi connectivity index (χ1v) is 9.71. The molecule has 2 aromatic carbocycles. The molecule has 144 valence electrons. The van der Waals surface area contributed by atoms with Gasteiger partial charge >= 0.3 is 0 Å². The summed E-state index contributed by atoms with van der Waals surface area (Å²) in [6.07, 6.45) is 3.37. The highest BCUT2D eigenvalue weighted by Crippen LogP contribution is 2.24. The molecule has 0 aliphatic carbocycles. The SMILES string of the molecule is O=C1NC(=S)N(c2ccc(Cl)cc2)C(=O)/C1=C/c1cccn1-c1ccc(Cl)cc1. The van der Waals surface area contributed by atoms with Crippen LogP contribution >= 0.6 is 35.4 Å². The minimum absolute atomic E-state index is 0.0209. The second-order valence-electron chi connectivity index (χ2n) is 6.21. The normalized spacial score (nSPS) is 15.7. The van der Waals surface area contributed by atoms with Crippen LogP contribution in [0, 0.1) is 0 Å². The minimum atomic E-state index is -0.547. The molecule has 1 aliphatic rings. The number of hydrogen-bond acceptors (Lipinski definition) is 3. The maximum absolute atomic E-state index is 13.1. The van der Waals surface area contributed by atoms with E-state index in [9.17, 15) is 9.59 Å². The van der Waals surface area contributed by atoms with Crippen LogP contribution < -0.4 is 10.2 Å². The summed E-state index contributed by atoms with van der Waals surface area (Å²) in [4.78, 5) is 26.9. The highest BCUT2D eigenvalue weighted by Gasteiger charge is 2.34. The van der Waals surface area contributed by atoms with Crippen LogP contribution in [0.2, 0.25) is 10.0 Å². The van der Waals surface area contributed by atoms with E-state index in [-0.39, 0.29) is 10.7 Å². The van der Waals surface area contributed by atoms with Crippen LogP contribution in [0.5, 0.6) is 0 Å². The summed E-state index contributed by atoms with van der Waals surface area (Å²) in [6.45, 7) is 0. The van der Waals surface area contributed by atoms with Crippen LogP contribution in [0.25, 0.3) is 11.8 Å². The lowest BCUT2D eigenvalue weighted by Crippen LogP contribution is -2.54. The zero-order chi connectivity index (χ0) is 20.5. The first-order valence-electron chi connectivity index (χ1n) is 8.54. The maximum atomic E-state index is 13.1. The Balaban J connectivity index is 1.73. The van der Waals surface area contributed by atoms with E-state index in [0.717, 1.165) is 5.69 Å². The Morgan fingerprint density at radius 1 is 0.862 bits per heavy atom. The zero-order valence-electron chi connectivity index (χ0n) is 14.8. The van der Waals surface area contributed by atoms with Gasteiger partial charge in [0, 0.05) is 27.6 Å². The molecule has 3 aromatic rings. The molecule has 1 N–H and O–H groups in total. The van der Waals surface area contributed by atoms with Crippen molar-refractivity contribution in [3.8, 4) is 5.69 Å². The van der Waals surface area contributed by atoms with Crippen molar-refractivity contribution in [1.29, 1.82) is 0 Å². The second-order valence-corrected chi connectivity index (χ2v) is 7.47. The highest BCUT2D eigenvalue weighted by atomic mass is 35.5. The summed E-state index contributed by atoms with van der Waals surface area (Å²) in [6, 6.07) is 17.5. The first-order chi connectivity index (χ1) is 13.9. The summed E-state index contributed by atoms with van der Waals surface area (Å²) >= 11 is 17.1. The Bertz CT molecular complexity index is 1150. The number of rotatable bonds is 3. The number of anilines is 1. The number of benzene rings is 2. The van der Waals surface area contributed by atoms with Crippen LogP contribution in [-0.2, 0) is 9.59 Å². The predicted octanol–water partition coefficient (Wildman–Crippen LogP) is 4.62. The minimum Gasteiger partial charge on any atom is -0.317 e. The topological polar surface area (TPSA) is 54.3 Å². The standard InChI is InChI=1S/C21H13Cl2N3O2S/c22-13-3-7-15(8-4-13)25-11-1-2-17(25)12-18-19(27)24-21(29)26(20(18)28)16-9-5-14(23)6-10-16/h1-12H,(H,24,27,29)/b18-12+. The van der Waals surface area contributed by atoms with E-state index in [1.165, 1.54) is 11.0 Å². The molecular weight excluding hydrogens is 429 g/mol. The van der Waals surface area contributed by atoms with E-state index < -0.39 is 11.8 Å². The van der Waals surface area contributed by atoms with Gasteiger partial charge in [0.05, 0.1) is 5.69 Å². The maximum Gasteiger partial charge on any atom is 0.270 e. The summed E-state index contributed by atoms with van der Waals surface area (Å²) < 4.78 is 1.85. The Morgan fingerprint density at radius 2 is 1.45 bits per heavy atom. The van der Waals surface area contributed by atoms with Gasteiger partial charge in [0.2, 0.25) is 0 Å². The highest BCUT2D eigenvalue weighted by molar-refractivity contribution is 7.80. The van der Waals surface area contributed by atoms with Gasteiger partial charge in [0.25, 0.3) is 11.8 Å². The quantitative estimate of drug-likeness (QED) is 0.366. The first kappa shape index (κ1) is 19.4. The lowest BCUT2D eigenvalue weighted by molar-refractivity contribution is -0.122. The van der Waals surface area contributed by atoms with Gasteiger partial charge in [-0.2, -0.15) is 0 Å². The molecule has 2 amide bonds. The number of amides is 2. The molecule has 1 saturated heterocycles. The fraction of sp³-hybridized carbons (Fsp3) is 0. The van der Waals surface area contributed by atoms with Crippen LogP contribution in [0.3, 0.4) is 0 Å². The Morgan fingerprint density at radius 3 is 2.07 bits per heavy atom. The molecule has 2 heterocycles. The fourth-order valence-corrected chi connectivity index (χ4v) is 3.51. The molecule has 1 fully saturated rings. The summed E-state index contributed by atoms with van der Waals surface area (Å²) in [5.41, 5.74) is 2.00. The van der Waals surface area contributed by atoms with Gasteiger partial charge in [-0.3, -0.25) is 19.8 Å². The van der Waals surface area contributed by atoms with Crippen molar-refractivity contribution >= 4 is 64.1 Å². The van der Waals surface area contributed by atoms with E-state index in [0.29, 0.717) is 21.4 Å². The van der Waals surface area contributed by atoms with Crippen LogP contribution in [-0.4, -0.2) is 21.5 Å². The van der Waals surface area contributed by atoms with Gasteiger partial charge < -0.3 is 4.57 Å². The summed E-state index contributed by atoms with van der Waals surface area (Å²) in [5, 5.41) is 3.74. The van der Waals surface area contributed by atoms with E-state index in [1.807, 2.05) is 35.0 Å². The van der Waals surface area contributed by atoms with Gasteiger partial charge in [-0.25, -0.2) is 0 Å². The van der Waals surface area contributed by atoms with E-state index >= 15 is 0 Å². The number of halogens is 2. The van der Waals surface area contributed by atoms with Crippen LogP contribution in [0.4, 0.5) is 5.69 Å². The molecule has 0 radical (unpaired) electrons. The van der Waals surface area contributed by atoms with E-state index in [4.69, 9.17) is 35.4 Å². The number of aromatic nitrogens is 1. The van der Waals surface area contributed by atoms with Gasteiger partial charge in [0.15, 0.2) is 5.11 Å². The van der Waals surface area contributed by atoms with Crippen molar-refractivity contribution in [2.45, 2.75) is 0 Å². The largest absolute Gasteiger partial charge is 0.317 e. The third-order valence-corrected chi connectivity index (χ3v) is 5.15. The lowest BCUT2D eigenvalue weighted by Gasteiger charge is -2.29. The molecule has 0 bridgehead atoms. The number of carbonyl (C=O) groups is 2. The van der Waals surface area contributed by atoms with Crippen molar-refractivity contribution in [2.75, 3.05) is 4.90 Å². The average Bonchev–Trinajstić information content (AvgIpc) is 3.15. The average molecular weight is 442 g/mol. The van der Waals surface area contributed by atoms with Crippen LogP contribution in [0.1, 0.15) is 5.69 Å². The monoisotopic (exact) mass is 441 g/mol. The number of thiocarbonyl (C=S) groups is 1. The lowest BCUT2D eigenvalue weighted by atomic mass is 10.1. The number of nitrogens with one attached hydrogen (secondary N) is 1. The molecule has 5 nitrogen and oxygen atoms in total. The van der Waals surface area contributed by atoms with E-state index in [1.54, 1.807) is 36.4 Å². The molecule has 4 rings (SSSR count). The Hall–Kier alpha value is -2.93. The molecule has 1 aromatic heterocycles. The van der Waals surface area contributed by atoms with E-state index in [2.05, 4.69) is 5.32 Å². The molecule has 8 heteroatoms. The second kappa shape index (κ2) is 7.83. The molecular formula is C21H13Cl2N3O2S. The third-order valence-electron chi connectivity index (χ3n) is 4.36. The van der Waals surface area contributed by atoms with Gasteiger partial charge in [-0.15, -0.1) is 0 Å². The summed E-state index contributed by atoms with van der Waals surface area (Å²) in [7, 11) is 0. The van der Waals surface area contributed by atoms with Crippen molar-refractivity contribution in [3.63, 3.8) is 0 Å². The zero-order valence-corrected chi connectivity index (χ0v) is 17.1. The molecule has 29 heavy (non-hydrogen) atoms. The predicted molar refractivity (Wildman–Crippen MR) is 118 cm³/mol. The Labute approximate surface area is 182 Å². The van der Waals surface area contributed by atoms with Crippen LogP contribution in [0.15, 0.2) is 72.4 Å². The molecule has 0 spiro atoms. The number of nitrogens with zero attached hydrogens (tertiary/aromatic N) is 2. The smallest absolute Gasteiger partial charge is 0.270 e. The van der Waals surface area contributed by atoms with Gasteiger partial charge in [-0.1, -0.05) is 23.2 Å². The van der Waals surface area contributed by atoms with Crippen molar-refractivity contribution in [1.82, 2.24) is 9.88 Å². The Kier molecular flexibility index (Phi) is 5.24. The molecule has 1 aliphatic heterocycles. The van der Waals surface area contributed by atoms with Gasteiger partial charge in [0.1, 0.15) is 5.57 Å². The van der Waals surface area contributed by atoms with Crippen molar-refractivity contribution in [2.24, 2.45) is 0 Å². The number of carbonyl (C=O) groups excluding carboxylic acids is 2. The van der Waals surface area contributed by atoms with Crippen molar-refractivity contribution in [3.05, 3.63) is 88.2 Å². The molecule has 0 atom stereocenters. The van der Waals surface area contributed by atoms with Crippen molar-refractivity contribution < 1.29 is 9.59 Å².